The van der Waals surface area contributed by atoms with E-state index in [1.54, 1.807) is 7.11 Å². The highest BCUT2D eigenvalue weighted by Crippen LogP contribution is 2.11. The Labute approximate surface area is 113 Å². The molecule has 0 rings (SSSR count). The smallest absolute Gasteiger partial charge is 0.0623 e. The molecule has 18 heavy (non-hydrogen) atoms. The number of aliphatic hydroxyl groups excluding tert-OH is 1. The summed E-state index contributed by atoms with van der Waals surface area (Å²) in [5.41, 5.74) is -0.229. The van der Waals surface area contributed by atoms with Gasteiger partial charge in [-0.1, -0.05) is 13.8 Å². The van der Waals surface area contributed by atoms with E-state index < -0.39 is 0 Å². The molecule has 0 aliphatic carbocycles. The fourth-order valence-electron chi connectivity index (χ4n) is 1.96. The topological polar surface area (TPSA) is 44.7 Å². The third-order valence-corrected chi connectivity index (χ3v) is 3.50. The van der Waals surface area contributed by atoms with Crippen molar-refractivity contribution in [1.82, 2.24) is 10.2 Å². The van der Waals surface area contributed by atoms with Crippen molar-refractivity contribution in [3.8, 4) is 0 Å². The lowest BCUT2D eigenvalue weighted by Gasteiger charge is -2.38. The Morgan fingerprint density at radius 3 is 2.50 bits per heavy atom. The summed E-state index contributed by atoms with van der Waals surface area (Å²) >= 11 is 0. The molecule has 4 heteroatoms. The van der Waals surface area contributed by atoms with E-state index in [9.17, 15) is 5.11 Å². The summed E-state index contributed by atoms with van der Waals surface area (Å²) in [6, 6.07) is 0.509. The zero-order chi connectivity index (χ0) is 14.0. The van der Waals surface area contributed by atoms with E-state index >= 15 is 0 Å². The molecule has 0 aliphatic heterocycles. The van der Waals surface area contributed by atoms with Gasteiger partial charge in [0.1, 0.15) is 0 Å². The molecule has 0 aromatic rings. The van der Waals surface area contributed by atoms with Crippen LogP contribution < -0.4 is 5.32 Å². The van der Waals surface area contributed by atoms with Gasteiger partial charge >= 0.3 is 0 Å². The molecule has 2 N–H and O–H groups in total. The highest BCUT2D eigenvalue weighted by Gasteiger charge is 2.27. The van der Waals surface area contributed by atoms with E-state index in [1.807, 2.05) is 0 Å². The van der Waals surface area contributed by atoms with Crippen molar-refractivity contribution in [2.45, 2.75) is 52.1 Å². The van der Waals surface area contributed by atoms with Crippen molar-refractivity contribution in [3.05, 3.63) is 0 Å². The summed E-state index contributed by atoms with van der Waals surface area (Å²) in [7, 11) is 1.73. The standard InChI is InChI=1S/C14H32N2O2/c1-6-8-15-14(4,12-17)11-16(9-10-18-5)13(3)7-2/h13,15,17H,6-12H2,1-5H3. The molecule has 0 aromatic carbocycles. The Kier molecular flexibility index (Phi) is 9.64. The third-order valence-electron chi connectivity index (χ3n) is 3.50. The number of hydrogen-bond acceptors (Lipinski definition) is 4. The lowest BCUT2D eigenvalue weighted by Crippen LogP contribution is -2.56. The van der Waals surface area contributed by atoms with Crippen LogP contribution in [0.4, 0.5) is 0 Å². The van der Waals surface area contributed by atoms with Gasteiger partial charge in [-0.25, -0.2) is 0 Å². The Morgan fingerprint density at radius 2 is 2.06 bits per heavy atom. The normalized spacial score (nSPS) is 16.8. The van der Waals surface area contributed by atoms with Gasteiger partial charge in [0, 0.05) is 26.2 Å². The van der Waals surface area contributed by atoms with E-state index in [0.29, 0.717) is 6.04 Å². The second kappa shape index (κ2) is 9.73. The summed E-state index contributed by atoms with van der Waals surface area (Å²) in [5, 5.41) is 13.1. The molecule has 0 spiro atoms. The van der Waals surface area contributed by atoms with Crippen LogP contribution in [0.3, 0.4) is 0 Å². The zero-order valence-electron chi connectivity index (χ0n) is 12.8. The molecule has 0 radical (unpaired) electrons. The van der Waals surface area contributed by atoms with Crippen LogP contribution in [0.2, 0.25) is 0 Å². The molecule has 0 bridgehead atoms. The van der Waals surface area contributed by atoms with Crippen LogP contribution in [0.1, 0.15) is 40.5 Å². The van der Waals surface area contributed by atoms with Gasteiger partial charge in [-0.3, -0.25) is 4.90 Å². The predicted molar refractivity (Wildman–Crippen MR) is 77.0 cm³/mol. The number of nitrogens with zero attached hydrogens (tertiary/aromatic N) is 1. The minimum Gasteiger partial charge on any atom is -0.394 e. The van der Waals surface area contributed by atoms with Crippen LogP contribution in [-0.2, 0) is 4.74 Å². The van der Waals surface area contributed by atoms with Gasteiger partial charge in [0.15, 0.2) is 0 Å². The molecule has 2 unspecified atom stereocenters. The third kappa shape index (κ3) is 6.69. The Bertz CT molecular complexity index is 202. The van der Waals surface area contributed by atoms with Crippen LogP contribution in [-0.4, -0.2) is 61.5 Å². The van der Waals surface area contributed by atoms with Crippen LogP contribution in [0.15, 0.2) is 0 Å². The molecule has 0 aliphatic rings. The first-order valence-electron chi connectivity index (χ1n) is 7.11. The fraction of sp³-hybridized carbons (Fsp3) is 1.00. The van der Waals surface area contributed by atoms with Gasteiger partial charge in [-0.2, -0.15) is 0 Å². The number of hydrogen-bond donors (Lipinski definition) is 2. The van der Waals surface area contributed by atoms with E-state index in [4.69, 9.17) is 4.74 Å². The molecule has 0 fully saturated rings. The predicted octanol–water partition coefficient (Wildman–Crippen LogP) is 1.48. The fourth-order valence-corrected chi connectivity index (χ4v) is 1.96. The second-order valence-electron chi connectivity index (χ2n) is 5.37. The lowest BCUT2D eigenvalue weighted by molar-refractivity contribution is 0.0729. The van der Waals surface area contributed by atoms with E-state index in [-0.39, 0.29) is 12.1 Å². The number of ether oxygens (including phenoxy) is 1. The minimum absolute atomic E-state index is 0.160. The summed E-state index contributed by atoms with van der Waals surface area (Å²) in [6.45, 7) is 12.2. The lowest BCUT2D eigenvalue weighted by atomic mass is 10.0. The van der Waals surface area contributed by atoms with Gasteiger partial charge in [0.05, 0.1) is 18.8 Å². The van der Waals surface area contributed by atoms with Crippen molar-refractivity contribution in [2.75, 3.05) is 40.0 Å². The molecular formula is C14H32N2O2. The maximum Gasteiger partial charge on any atom is 0.0623 e. The van der Waals surface area contributed by atoms with Crippen molar-refractivity contribution >= 4 is 0 Å². The number of methoxy groups -OCH3 is 1. The number of aliphatic hydroxyl groups is 1. The Hall–Kier alpha value is -0.160. The average molecular weight is 260 g/mol. The quantitative estimate of drug-likeness (QED) is 0.591. The first kappa shape index (κ1) is 17.8. The minimum atomic E-state index is -0.229. The summed E-state index contributed by atoms with van der Waals surface area (Å²) < 4.78 is 5.17. The molecule has 0 aromatic heterocycles. The molecular weight excluding hydrogens is 228 g/mol. The van der Waals surface area contributed by atoms with Crippen LogP contribution in [0.25, 0.3) is 0 Å². The van der Waals surface area contributed by atoms with Crippen molar-refractivity contribution < 1.29 is 9.84 Å². The van der Waals surface area contributed by atoms with Crippen LogP contribution in [0.5, 0.6) is 0 Å². The van der Waals surface area contributed by atoms with Gasteiger partial charge in [0.2, 0.25) is 0 Å². The van der Waals surface area contributed by atoms with Crippen molar-refractivity contribution in [2.24, 2.45) is 0 Å². The first-order valence-corrected chi connectivity index (χ1v) is 7.11. The van der Waals surface area contributed by atoms with E-state index in [0.717, 1.165) is 39.1 Å². The summed E-state index contributed by atoms with van der Waals surface area (Å²) in [6.07, 6.45) is 2.19. The Balaban J connectivity index is 4.48. The SMILES string of the molecule is CCCNC(C)(CO)CN(CCOC)C(C)CC. The molecule has 0 amide bonds. The van der Waals surface area contributed by atoms with Crippen molar-refractivity contribution in [3.63, 3.8) is 0 Å². The van der Waals surface area contributed by atoms with Crippen LogP contribution >= 0.6 is 0 Å². The first-order chi connectivity index (χ1) is 8.52. The monoisotopic (exact) mass is 260 g/mol. The molecule has 0 saturated heterocycles. The zero-order valence-corrected chi connectivity index (χ0v) is 12.8. The highest BCUT2D eigenvalue weighted by molar-refractivity contribution is 4.87. The van der Waals surface area contributed by atoms with E-state index in [2.05, 4.69) is 37.9 Å². The van der Waals surface area contributed by atoms with Crippen LogP contribution in [0, 0.1) is 0 Å². The number of rotatable bonds is 11. The van der Waals surface area contributed by atoms with Crippen molar-refractivity contribution in [1.29, 1.82) is 0 Å². The Morgan fingerprint density at radius 1 is 1.39 bits per heavy atom. The highest BCUT2D eigenvalue weighted by atomic mass is 16.5. The largest absolute Gasteiger partial charge is 0.394 e. The summed E-state index contributed by atoms with van der Waals surface area (Å²) in [4.78, 5) is 2.39. The number of nitrogens with one attached hydrogen (secondary N) is 1. The second-order valence-corrected chi connectivity index (χ2v) is 5.37. The molecule has 110 valence electrons. The molecule has 0 saturated carbocycles. The average Bonchev–Trinajstić information content (AvgIpc) is 2.40. The maximum atomic E-state index is 9.62. The molecule has 2 atom stereocenters. The van der Waals surface area contributed by atoms with Gasteiger partial charge in [-0.05, 0) is 33.2 Å². The van der Waals surface area contributed by atoms with Gasteiger partial charge in [0.25, 0.3) is 0 Å². The van der Waals surface area contributed by atoms with Gasteiger partial charge < -0.3 is 15.2 Å². The van der Waals surface area contributed by atoms with E-state index in [1.165, 1.54) is 0 Å². The molecule has 0 heterocycles. The maximum absolute atomic E-state index is 9.62. The summed E-state index contributed by atoms with van der Waals surface area (Å²) in [5.74, 6) is 0. The van der Waals surface area contributed by atoms with Gasteiger partial charge in [-0.15, -0.1) is 0 Å². The molecule has 4 nitrogen and oxygen atoms in total.